The number of aliphatic hydroxyl groups is 1. The van der Waals surface area contributed by atoms with Gasteiger partial charge in [-0.05, 0) is 44.4 Å². The van der Waals surface area contributed by atoms with Crippen LogP contribution in [-0.4, -0.2) is 53.5 Å². The van der Waals surface area contributed by atoms with E-state index >= 15 is 0 Å². The smallest absolute Gasteiger partial charge is 0.237 e. The second-order valence-corrected chi connectivity index (χ2v) is 7.81. The topological polar surface area (TPSA) is 78.9 Å². The number of nitrogens with zero attached hydrogens (tertiary/aromatic N) is 1. The third-order valence-corrected chi connectivity index (χ3v) is 5.53. The van der Waals surface area contributed by atoms with E-state index < -0.39 is 6.10 Å². The number of β-amino-alcohol motifs (C(OH)–C–C–N with tert-alkyl or cyclic N) is 1. The van der Waals surface area contributed by atoms with Crippen LogP contribution in [0.5, 0.6) is 5.75 Å². The zero-order valence-corrected chi connectivity index (χ0v) is 17.6. The highest BCUT2D eigenvalue weighted by molar-refractivity contribution is 5.94. The average molecular weight is 411 g/mol. The molecule has 160 valence electrons. The highest BCUT2D eigenvalue weighted by Gasteiger charge is 2.32. The minimum Gasteiger partial charge on any atom is -0.492 e. The molecule has 0 spiro atoms. The molecule has 3 atom stereocenters. The van der Waals surface area contributed by atoms with Crippen LogP contribution in [0.25, 0.3) is 0 Å². The molecule has 2 aromatic rings. The molecule has 0 saturated carbocycles. The van der Waals surface area contributed by atoms with Gasteiger partial charge in [0.05, 0.1) is 18.2 Å². The first-order valence-electron chi connectivity index (χ1n) is 10.5. The Morgan fingerprint density at radius 2 is 1.83 bits per heavy atom. The van der Waals surface area contributed by atoms with Gasteiger partial charge < -0.3 is 15.2 Å². The number of rotatable bonds is 8. The summed E-state index contributed by atoms with van der Waals surface area (Å²) in [5, 5.41) is 13.2. The fraction of sp³-hybridized carbons (Fsp3) is 0.417. The van der Waals surface area contributed by atoms with Crippen molar-refractivity contribution in [1.29, 1.82) is 0 Å². The van der Waals surface area contributed by atoms with Gasteiger partial charge in [-0.3, -0.25) is 14.5 Å². The maximum atomic E-state index is 13.0. The molecule has 6 heteroatoms. The number of Topliss-reactive ketones (excluding diaryl/α,β-unsaturated/α-hetero) is 1. The Morgan fingerprint density at radius 3 is 2.50 bits per heavy atom. The Labute approximate surface area is 177 Å². The van der Waals surface area contributed by atoms with E-state index in [-0.39, 0.29) is 23.8 Å². The molecule has 6 nitrogen and oxygen atoms in total. The van der Waals surface area contributed by atoms with Crippen LogP contribution >= 0.6 is 0 Å². The van der Waals surface area contributed by atoms with Gasteiger partial charge in [0.15, 0.2) is 5.78 Å². The van der Waals surface area contributed by atoms with Crippen LogP contribution in [0, 0.1) is 0 Å². The number of likely N-dealkylation sites (tertiary alicyclic amines) is 1. The Bertz CT molecular complexity index is 838. The third kappa shape index (κ3) is 5.90. The van der Waals surface area contributed by atoms with E-state index in [1.165, 1.54) is 6.92 Å². The summed E-state index contributed by atoms with van der Waals surface area (Å²) < 4.78 is 5.77. The lowest BCUT2D eigenvalue weighted by molar-refractivity contribution is -0.130. The number of ether oxygens (including phenoxy) is 1. The summed E-state index contributed by atoms with van der Waals surface area (Å²) in [7, 11) is 0. The number of hydrogen-bond donors (Lipinski definition) is 2. The van der Waals surface area contributed by atoms with Crippen molar-refractivity contribution < 1.29 is 19.4 Å². The maximum Gasteiger partial charge on any atom is 0.237 e. The summed E-state index contributed by atoms with van der Waals surface area (Å²) in [5.41, 5.74) is 1.60. The number of benzene rings is 2. The fourth-order valence-electron chi connectivity index (χ4n) is 3.76. The molecule has 1 saturated heterocycles. The van der Waals surface area contributed by atoms with Crippen LogP contribution in [-0.2, 0) is 4.79 Å². The van der Waals surface area contributed by atoms with E-state index in [4.69, 9.17) is 4.74 Å². The number of nitrogens with one attached hydrogen (secondary N) is 1. The molecule has 0 aliphatic carbocycles. The maximum absolute atomic E-state index is 13.0. The summed E-state index contributed by atoms with van der Waals surface area (Å²) in [4.78, 5) is 26.4. The van der Waals surface area contributed by atoms with Crippen LogP contribution in [0.4, 0.5) is 0 Å². The minimum atomic E-state index is -0.428. The van der Waals surface area contributed by atoms with Crippen LogP contribution < -0.4 is 10.1 Å². The van der Waals surface area contributed by atoms with E-state index in [1.807, 2.05) is 54.3 Å². The van der Waals surface area contributed by atoms with E-state index in [1.54, 1.807) is 12.1 Å². The van der Waals surface area contributed by atoms with Crippen molar-refractivity contribution >= 4 is 11.7 Å². The van der Waals surface area contributed by atoms with Crippen molar-refractivity contribution in [2.24, 2.45) is 0 Å². The summed E-state index contributed by atoms with van der Waals surface area (Å²) in [6.07, 6.45) is 0.784. The van der Waals surface area contributed by atoms with Crippen molar-refractivity contribution in [3.05, 3.63) is 65.7 Å². The number of para-hydroxylation sites is 1. The average Bonchev–Trinajstić information content (AvgIpc) is 2.74. The zero-order valence-electron chi connectivity index (χ0n) is 17.6. The lowest BCUT2D eigenvalue weighted by atomic mass is 9.98. The van der Waals surface area contributed by atoms with Crippen LogP contribution in [0.3, 0.4) is 0 Å². The van der Waals surface area contributed by atoms with Crippen LogP contribution in [0.1, 0.15) is 48.7 Å². The summed E-state index contributed by atoms with van der Waals surface area (Å²) in [6.45, 7) is 4.93. The second-order valence-electron chi connectivity index (χ2n) is 7.81. The first-order valence-corrected chi connectivity index (χ1v) is 10.5. The number of carbonyl (C=O) groups is 2. The van der Waals surface area contributed by atoms with Crippen LogP contribution in [0.15, 0.2) is 54.6 Å². The minimum absolute atomic E-state index is 0.0207. The van der Waals surface area contributed by atoms with Crippen molar-refractivity contribution in [3.8, 4) is 5.75 Å². The number of hydrogen-bond acceptors (Lipinski definition) is 5. The van der Waals surface area contributed by atoms with Gasteiger partial charge in [0.25, 0.3) is 0 Å². The molecule has 1 aliphatic rings. The van der Waals surface area contributed by atoms with Crippen LogP contribution in [0.2, 0.25) is 0 Å². The molecule has 2 aromatic carbocycles. The van der Waals surface area contributed by atoms with Gasteiger partial charge in [-0.25, -0.2) is 0 Å². The standard InChI is InChI=1S/C24H30N2O4/c1-17(19-8-10-20(11-9-19)18(2)27)25-24(29)23-13-12-21(28)16-26(23)14-15-30-22-6-4-3-5-7-22/h3-11,17,21,23,28H,12-16H2,1-2H3,(H,25,29)/t17-,21+,23-/m0/s1. The molecule has 1 aliphatic heterocycles. The first-order chi connectivity index (χ1) is 14.4. The number of aliphatic hydroxyl groups excluding tert-OH is 1. The Hall–Kier alpha value is -2.70. The first kappa shape index (κ1) is 22.0. The monoisotopic (exact) mass is 410 g/mol. The molecular weight excluding hydrogens is 380 g/mol. The van der Waals surface area contributed by atoms with Gasteiger partial charge in [-0.15, -0.1) is 0 Å². The molecule has 0 aromatic heterocycles. The summed E-state index contributed by atoms with van der Waals surface area (Å²) in [6, 6.07) is 16.4. The fourth-order valence-corrected chi connectivity index (χ4v) is 3.76. The molecule has 1 fully saturated rings. The van der Waals surface area contributed by atoms with Gasteiger partial charge in [0, 0.05) is 18.7 Å². The van der Waals surface area contributed by atoms with Crippen molar-refractivity contribution in [2.75, 3.05) is 19.7 Å². The van der Waals surface area contributed by atoms with Gasteiger partial charge in [0.1, 0.15) is 12.4 Å². The Kier molecular flexibility index (Phi) is 7.60. The Balaban J connectivity index is 1.58. The third-order valence-electron chi connectivity index (χ3n) is 5.53. The Morgan fingerprint density at radius 1 is 1.13 bits per heavy atom. The highest BCUT2D eigenvalue weighted by atomic mass is 16.5. The molecule has 0 unspecified atom stereocenters. The predicted octanol–water partition coefficient (Wildman–Crippen LogP) is 2.97. The number of piperidine rings is 1. The second kappa shape index (κ2) is 10.4. The molecule has 1 amide bonds. The van der Waals surface area contributed by atoms with E-state index in [2.05, 4.69) is 5.32 Å². The van der Waals surface area contributed by atoms with E-state index in [0.717, 1.165) is 11.3 Å². The van der Waals surface area contributed by atoms with E-state index in [9.17, 15) is 14.7 Å². The zero-order chi connectivity index (χ0) is 21.5. The molecule has 0 bridgehead atoms. The lowest BCUT2D eigenvalue weighted by Gasteiger charge is -2.37. The highest BCUT2D eigenvalue weighted by Crippen LogP contribution is 2.20. The molecular formula is C24H30N2O4. The number of amides is 1. The van der Waals surface area contributed by atoms with E-state index in [0.29, 0.717) is 38.1 Å². The number of ketones is 1. The summed E-state index contributed by atoms with van der Waals surface area (Å²) in [5.74, 6) is 0.760. The SMILES string of the molecule is CC(=O)c1ccc([C@H](C)NC(=O)[C@@H]2CC[C@@H](O)CN2CCOc2ccccc2)cc1. The van der Waals surface area contributed by atoms with Crippen molar-refractivity contribution in [1.82, 2.24) is 10.2 Å². The largest absolute Gasteiger partial charge is 0.492 e. The molecule has 2 N–H and O–H groups in total. The quantitative estimate of drug-likeness (QED) is 0.654. The molecule has 1 heterocycles. The molecule has 3 rings (SSSR count). The predicted molar refractivity (Wildman–Crippen MR) is 116 cm³/mol. The normalized spacial score (nSPS) is 20.4. The van der Waals surface area contributed by atoms with Gasteiger partial charge in [-0.1, -0.05) is 42.5 Å². The van der Waals surface area contributed by atoms with Gasteiger partial charge in [0.2, 0.25) is 5.91 Å². The van der Waals surface area contributed by atoms with Gasteiger partial charge >= 0.3 is 0 Å². The van der Waals surface area contributed by atoms with Gasteiger partial charge in [-0.2, -0.15) is 0 Å². The lowest BCUT2D eigenvalue weighted by Crippen LogP contribution is -2.54. The summed E-state index contributed by atoms with van der Waals surface area (Å²) >= 11 is 0. The molecule has 30 heavy (non-hydrogen) atoms. The molecule has 0 radical (unpaired) electrons. The van der Waals surface area contributed by atoms with Crippen molar-refractivity contribution in [3.63, 3.8) is 0 Å². The van der Waals surface area contributed by atoms with Crippen molar-refractivity contribution in [2.45, 2.75) is 44.9 Å². The number of carbonyl (C=O) groups excluding carboxylic acids is 2.